The van der Waals surface area contributed by atoms with E-state index in [0.717, 1.165) is 11.3 Å². The van der Waals surface area contributed by atoms with Gasteiger partial charge in [-0.25, -0.2) is 17.9 Å². The molecule has 1 aliphatic rings. The Morgan fingerprint density at radius 1 is 1.50 bits per heavy atom. The van der Waals surface area contributed by atoms with E-state index in [9.17, 15) is 18.0 Å². The van der Waals surface area contributed by atoms with Gasteiger partial charge in [-0.1, -0.05) is 0 Å². The van der Waals surface area contributed by atoms with Crippen LogP contribution in [0.3, 0.4) is 0 Å². The van der Waals surface area contributed by atoms with E-state index >= 15 is 0 Å². The van der Waals surface area contributed by atoms with Crippen molar-refractivity contribution in [2.75, 3.05) is 13.6 Å². The lowest BCUT2D eigenvalue weighted by atomic mass is 10.2. The first-order valence-electron chi connectivity index (χ1n) is 5.92. The molecule has 1 aromatic rings. The molecule has 1 amide bonds. The van der Waals surface area contributed by atoms with Crippen LogP contribution in [0, 0.1) is 0 Å². The molecule has 110 valence electrons. The first-order valence-corrected chi connectivity index (χ1v) is 8.29. The average molecular weight is 318 g/mol. The SMILES string of the molecule is CNS(=O)(=O)c1csc(C(=O)N2CCC[C@H]2C(=O)O)c1. The molecule has 0 radical (unpaired) electrons. The number of nitrogens with one attached hydrogen (secondary N) is 1. The second kappa shape index (κ2) is 5.51. The highest BCUT2D eigenvalue weighted by Crippen LogP contribution is 2.25. The van der Waals surface area contributed by atoms with Crippen LogP contribution in [-0.4, -0.2) is 49.9 Å². The minimum absolute atomic E-state index is 0.0134. The smallest absolute Gasteiger partial charge is 0.326 e. The van der Waals surface area contributed by atoms with Gasteiger partial charge < -0.3 is 10.0 Å². The lowest BCUT2D eigenvalue weighted by Gasteiger charge is -2.20. The van der Waals surface area contributed by atoms with E-state index in [1.54, 1.807) is 0 Å². The van der Waals surface area contributed by atoms with Crippen LogP contribution in [0.5, 0.6) is 0 Å². The normalized spacial score (nSPS) is 19.2. The number of sulfonamides is 1. The summed E-state index contributed by atoms with van der Waals surface area (Å²) in [5.74, 6) is -1.46. The second-order valence-electron chi connectivity index (χ2n) is 4.35. The van der Waals surface area contributed by atoms with Gasteiger partial charge in [-0.15, -0.1) is 11.3 Å². The van der Waals surface area contributed by atoms with Gasteiger partial charge in [0.2, 0.25) is 10.0 Å². The Hall–Kier alpha value is -1.45. The van der Waals surface area contributed by atoms with Crippen molar-refractivity contribution < 1.29 is 23.1 Å². The van der Waals surface area contributed by atoms with E-state index in [-0.39, 0.29) is 9.77 Å². The Morgan fingerprint density at radius 3 is 2.80 bits per heavy atom. The quantitative estimate of drug-likeness (QED) is 0.833. The Morgan fingerprint density at radius 2 is 2.20 bits per heavy atom. The van der Waals surface area contributed by atoms with Crippen molar-refractivity contribution in [3.05, 3.63) is 16.3 Å². The fourth-order valence-corrected chi connectivity index (χ4v) is 4.06. The van der Waals surface area contributed by atoms with Gasteiger partial charge in [0.25, 0.3) is 5.91 Å². The molecular weight excluding hydrogens is 304 g/mol. The number of hydrogen-bond donors (Lipinski definition) is 2. The largest absolute Gasteiger partial charge is 0.480 e. The summed E-state index contributed by atoms with van der Waals surface area (Å²) >= 11 is 0.997. The summed E-state index contributed by atoms with van der Waals surface area (Å²) in [4.78, 5) is 24.8. The Bertz CT molecular complexity index is 637. The van der Waals surface area contributed by atoms with E-state index in [2.05, 4.69) is 4.72 Å². The minimum Gasteiger partial charge on any atom is -0.480 e. The molecule has 7 nitrogen and oxygen atoms in total. The fraction of sp³-hybridized carbons (Fsp3) is 0.455. The molecule has 20 heavy (non-hydrogen) atoms. The summed E-state index contributed by atoms with van der Waals surface area (Å²) in [5, 5.41) is 10.4. The predicted octanol–water partition coefficient (Wildman–Crippen LogP) is 0.345. The summed E-state index contributed by atoms with van der Waals surface area (Å²) in [6, 6.07) is 0.449. The maximum Gasteiger partial charge on any atom is 0.326 e. The molecule has 9 heteroatoms. The van der Waals surface area contributed by atoms with Crippen molar-refractivity contribution in [1.29, 1.82) is 0 Å². The van der Waals surface area contributed by atoms with Crippen molar-refractivity contribution in [1.82, 2.24) is 9.62 Å². The highest BCUT2D eigenvalue weighted by Gasteiger charge is 2.35. The van der Waals surface area contributed by atoms with Crippen LogP contribution < -0.4 is 4.72 Å². The van der Waals surface area contributed by atoms with Crippen molar-refractivity contribution >= 4 is 33.2 Å². The zero-order valence-corrected chi connectivity index (χ0v) is 12.3. The molecule has 2 heterocycles. The highest BCUT2D eigenvalue weighted by atomic mass is 32.2. The van der Waals surface area contributed by atoms with Gasteiger partial charge in [0.05, 0.1) is 9.77 Å². The molecule has 0 bridgehead atoms. The molecule has 2 N–H and O–H groups in total. The Balaban J connectivity index is 2.24. The molecule has 2 rings (SSSR count). The Labute approximate surface area is 120 Å². The number of rotatable bonds is 4. The summed E-state index contributed by atoms with van der Waals surface area (Å²) in [7, 11) is -2.30. The van der Waals surface area contributed by atoms with Crippen molar-refractivity contribution in [3.63, 3.8) is 0 Å². The molecule has 0 aromatic carbocycles. The van der Waals surface area contributed by atoms with Gasteiger partial charge >= 0.3 is 5.97 Å². The van der Waals surface area contributed by atoms with Crippen LogP contribution in [0.1, 0.15) is 22.5 Å². The molecule has 0 aliphatic carbocycles. The van der Waals surface area contributed by atoms with Crippen LogP contribution in [0.15, 0.2) is 16.3 Å². The van der Waals surface area contributed by atoms with Gasteiger partial charge in [0.15, 0.2) is 0 Å². The number of carboxylic acid groups (broad SMARTS) is 1. The predicted molar refractivity (Wildman–Crippen MR) is 72.3 cm³/mol. The van der Waals surface area contributed by atoms with Gasteiger partial charge in [-0.05, 0) is 26.0 Å². The molecule has 1 aromatic heterocycles. The fourth-order valence-electron chi connectivity index (χ4n) is 2.10. The van der Waals surface area contributed by atoms with E-state index in [4.69, 9.17) is 5.11 Å². The lowest BCUT2D eigenvalue weighted by molar-refractivity contribution is -0.141. The first-order chi connectivity index (χ1) is 9.36. The number of carbonyl (C=O) groups excluding carboxylic acids is 1. The maximum absolute atomic E-state index is 12.2. The first kappa shape index (κ1) is 14.9. The summed E-state index contributed by atoms with van der Waals surface area (Å²) in [5.41, 5.74) is 0. The van der Waals surface area contributed by atoms with Crippen molar-refractivity contribution in [2.45, 2.75) is 23.8 Å². The molecule has 0 unspecified atom stereocenters. The third-order valence-corrected chi connectivity index (χ3v) is 5.63. The van der Waals surface area contributed by atoms with Crippen LogP contribution in [0.4, 0.5) is 0 Å². The number of aliphatic carboxylic acids is 1. The van der Waals surface area contributed by atoms with Crippen molar-refractivity contribution in [3.8, 4) is 0 Å². The van der Waals surface area contributed by atoms with E-state index < -0.39 is 27.9 Å². The molecule has 1 aliphatic heterocycles. The number of carboxylic acids is 1. The second-order valence-corrected chi connectivity index (χ2v) is 7.15. The van der Waals surface area contributed by atoms with E-state index in [1.807, 2.05) is 0 Å². The van der Waals surface area contributed by atoms with Gasteiger partial charge in [0.1, 0.15) is 6.04 Å². The topological polar surface area (TPSA) is 104 Å². The number of likely N-dealkylation sites (tertiary alicyclic amines) is 1. The molecule has 0 spiro atoms. The zero-order chi connectivity index (χ0) is 14.9. The summed E-state index contributed by atoms with van der Waals surface area (Å²) in [6.45, 7) is 0.377. The standard InChI is InChI=1S/C11H14N2O5S2/c1-12-20(17,18)7-5-9(19-6-7)10(14)13-4-2-3-8(13)11(15)16/h5-6,8,12H,2-4H2,1H3,(H,15,16)/t8-/m0/s1. The van der Waals surface area contributed by atoms with E-state index in [1.165, 1.54) is 23.4 Å². The number of hydrogen-bond acceptors (Lipinski definition) is 5. The summed E-state index contributed by atoms with van der Waals surface area (Å²) < 4.78 is 25.4. The number of nitrogens with zero attached hydrogens (tertiary/aromatic N) is 1. The molecule has 0 saturated carbocycles. The molecule has 1 saturated heterocycles. The van der Waals surface area contributed by atoms with Crippen LogP contribution >= 0.6 is 11.3 Å². The highest BCUT2D eigenvalue weighted by molar-refractivity contribution is 7.89. The van der Waals surface area contributed by atoms with Gasteiger partial charge in [-0.2, -0.15) is 0 Å². The summed E-state index contributed by atoms with van der Waals surface area (Å²) in [6.07, 6.45) is 1.06. The third-order valence-electron chi connectivity index (χ3n) is 3.16. The molecule has 1 atom stereocenters. The maximum atomic E-state index is 12.2. The number of carbonyl (C=O) groups is 2. The lowest BCUT2D eigenvalue weighted by Crippen LogP contribution is -2.40. The van der Waals surface area contributed by atoms with Crippen LogP contribution in [0.25, 0.3) is 0 Å². The van der Waals surface area contributed by atoms with Crippen LogP contribution in [0.2, 0.25) is 0 Å². The average Bonchev–Trinajstić information content (AvgIpc) is 3.07. The van der Waals surface area contributed by atoms with Crippen molar-refractivity contribution in [2.24, 2.45) is 0 Å². The zero-order valence-electron chi connectivity index (χ0n) is 10.7. The molecule has 1 fully saturated rings. The van der Waals surface area contributed by atoms with Gasteiger partial charge in [-0.3, -0.25) is 4.79 Å². The minimum atomic E-state index is -3.59. The van der Waals surface area contributed by atoms with Gasteiger partial charge in [0, 0.05) is 11.9 Å². The number of thiophene rings is 1. The number of amides is 1. The third kappa shape index (κ3) is 2.69. The van der Waals surface area contributed by atoms with E-state index in [0.29, 0.717) is 19.4 Å². The van der Waals surface area contributed by atoms with Crippen LogP contribution in [-0.2, 0) is 14.8 Å². The molecular formula is C11H14N2O5S2. The monoisotopic (exact) mass is 318 g/mol. The Kier molecular flexibility index (Phi) is 4.11.